The van der Waals surface area contributed by atoms with Crippen LogP contribution in [0.15, 0.2) is 91.1 Å². The van der Waals surface area contributed by atoms with Gasteiger partial charge in [-0.05, 0) is 65.9 Å². The van der Waals surface area contributed by atoms with E-state index in [0.717, 1.165) is 27.6 Å². The Morgan fingerprint density at radius 1 is 0.921 bits per heavy atom. The third-order valence-corrected chi connectivity index (χ3v) is 6.59. The maximum absolute atomic E-state index is 13.1. The number of benzene rings is 4. The molecule has 2 N–H and O–H groups in total. The smallest absolute Gasteiger partial charge is 0.336 e. The minimum atomic E-state index is -1.02. The van der Waals surface area contributed by atoms with Crippen molar-refractivity contribution in [1.82, 2.24) is 4.98 Å². The molecule has 5 aromatic rings. The monoisotopic (exact) mass is 499 g/mol. The fourth-order valence-corrected chi connectivity index (χ4v) is 4.61. The molecule has 5 nitrogen and oxygen atoms in total. The molecule has 0 spiro atoms. The van der Waals surface area contributed by atoms with Gasteiger partial charge in [0.15, 0.2) is 5.78 Å². The SMILES string of the molecule is COc1cccc(C)c1CC(=O)c1cccc(C#Cc2cccc(C(=O)O)c2-c2ccc3cc[nH]c3c2)c1. The number of carboxylic acids is 1. The summed E-state index contributed by atoms with van der Waals surface area (Å²) in [5.41, 5.74) is 6.09. The van der Waals surface area contributed by atoms with Crippen LogP contribution in [0.2, 0.25) is 0 Å². The summed E-state index contributed by atoms with van der Waals surface area (Å²) in [6.07, 6.45) is 2.07. The molecular formula is C33H25NO4. The number of fused-ring (bicyclic) bond motifs is 1. The van der Waals surface area contributed by atoms with Crippen molar-refractivity contribution in [1.29, 1.82) is 0 Å². The molecule has 0 atom stereocenters. The molecule has 0 saturated heterocycles. The predicted molar refractivity (Wildman–Crippen MR) is 149 cm³/mol. The van der Waals surface area contributed by atoms with E-state index in [-0.39, 0.29) is 17.8 Å². The number of carbonyl (C=O) groups excluding carboxylic acids is 1. The highest BCUT2D eigenvalue weighted by molar-refractivity contribution is 6.00. The molecular weight excluding hydrogens is 474 g/mol. The number of H-pyrrole nitrogens is 1. The Bertz CT molecular complexity index is 1750. The fourth-order valence-electron chi connectivity index (χ4n) is 4.61. The third kappa shape index (κ3) is 4.93. The lowest BCUT2D eigenvalue weighted by atomic mass is 9.93. The third-order valence-electron chi connectivity index (χ3n) is 6.59. The zero-order valence-electron chi connectivity index (χ0n) is 21.0. The first kappa shape index (κ1) is 24.6. The van der Waals surface area contributed by atoms with E-state index in [2.05, 4.69) is 16.8 Å². The average Bonchev–Trinajstić information content (AvgIpc) is 3.41. The van der Waals surface area contributed by atoms with Gasteiger partial charge in [0.25, 0.3) is 0 Å². The Morgan fingerprint density at radius 3 is 2.55 bits per heavy atom. The Morgan fingerprint density at radius 2 is 1.74 bits per heavy atom. The van der Waals surface area contributed by atoms with Crippen molar-refractivity contribution < 1.29 is 19.4 Å². The lowest BCUT2D eigenvalue weighted by molar-refractivity contribution is 0.0697. The number of methoxy groups -OCH3 is 1. The van der Waals surface area contributed by atoms with Crippen molar-refractivity contribution in [3.63, 3.8) is 0 Å². The van der Waals surface area contributed by atoms with Gasteiger partial charge in [-0.1, -0.05) is 54.3 Å². The van der Waals surface area contributed by atoms with Crippen LogP contribution in [0.3, 0.4) is 0 Å². The van der Waals surface area contributed by atoms with Gasteiger partial charge in [0.05, 0.1) is 12.7 Å². The standard InChI is InChI=1S/C33H25NO4/c1-21-6-3-11-31(38-2)28(21)20-30(35)25-9-4-7-22(18-25)12-13-24-8-5-10-27(33(36)37)32(24)26-15-14-23-16-17-34-29(23)19-26/h3-11,14-19,34H,20H2,1-2H3,(H,36,37). The summed E-state index contributed by atoms with van der Waals surface area (Å²) in [5.74, 6) is 5.93. The van der Waals surface area contributed by atoms with Gasteiger partial charge in [0, 0.05) is 46.0 Å². The van der Waals surface area contributed by atoms with Crippen LogP contribution in [0.5, 0.6) is 5.75 Å². The van der Waals surface area contributed by atoms with Crippen LogP contribution >= 0.6 is 0 Å². The lowest BCUT2D eigenvalue weighted by Crippen LogP contribution is -2.06. The first-order valence-corrected chi connectivity index (χ1v) is 12.2. The van der Waals surface area contributed by atoms with Gasteiger partial charge in [-0.25, -0.2) is 4.79 Å². The van der Waals surface area contributed by atoms with E-state index in [1.807, 2.05) is 67.7 Å². The van der Waals surface area contributed by atoms with E-state index in [0.29, 0.717) is 28.0 Å². The summed E-state index contributed by atoms with van der Waals surface area (Å²) >= 11 is 0. The van der Waals surface area contributed by atoms with Crippen molar-refractivity contribution in [2.75, 3.05) is 7.11 Å². The summed E-state index contributed by atoms with van der Waals surface area (Å²) < 4.78 is 5.45. The zero-order valence-corrected chi connectivity index (χ0v) is 21.0. The molecule has 0 aliphatic heterocycles. The molecule has 5 rings (SSSR count). The number of hydrogen-bond donors (Lipinski definition) is 2. The van der Waals surface area contributed by atoms with Crippen LogP contribution < -0.4 is 4.74 Å². The average molecular weight is 500 g/mol. The number of hydrogen-bond acceptors (Lipinski definition) is 3. The normalized spacial score (nSPS) is 10.6. The zero-order chi connectivity index (χ0) is 26.6. The molecule has 0 amide bonds. The number of aromatic carboxylic acids is 1. The summed E-state index contributed by atoms with van der Waals surface area (Å²) in [4.78, 5) is 28.4. The summed E-state index contributed by atoms with van der Waals surface area (Å²) in [6.45, 7) is 1.96. The molecule has 5 heteroatoms. The molecule has 0 bridgehead atoms. The first-order valence-electron chi connectivity index (χ1n) is 12.2. The highest BCUT2D eigenvalue weighted by Crippen LogP contribution is 2.30. The number of carboxylic acid groups (broad SMARTS) is 1. The fraction of sp³-hybridized carbons (Fsp3) is 0.0909. The second kappa shape index (κ2) is 10.5. The summed E-state index contributed by atoms with van der Waals surface area (Å²) in [7, 11) is 1.60. The molecule has 1 heterocycles. The topological polar surface area (TPSA) is 79.4 Å². The maximum atomic E-state index is 13.1. The molecule has 186 valence electrons. The van der Waals surface area contributed by atoms with Gasteiger partial charge in [-0.2, -0.15) is 0 Å². The molecule has 0 saturated carbocycles. The number of aryl methyl sites for hydroxylation is 1. The van der Waals surface area contributed by atoms with Crippen molar-refractivity contribution in [3.8, 4) is 28.7 Å². The van der Waals surface area contributed by atoms with Crippen LogP contribution in [0.1, 0.15) is 43.0 Å². The van der Waals surface area contributed by atoms with Gasteiger partial charge in [-0.15, -0.1) is 0 Å². The quantitative estimate of drug-likeness (QED) is 0.202. The first-order chi connectivity index (χ1) is 18.4. The van der Waals surface area contributed by atoms with Crippen LogP contribution in [0, 0.1) is 18.8 Å². The van der Waals surface area contributed by atoms with E-state index in [1.54, 1.807) is 37.4 Å². The van der Waals surface area contributed by atoms with Crippen LogP contribution in [-0.2, 0) is 6.42 Å². The molecule has 38 heavy (non-hydrogen) atoms. The Balaban J connectivity index is 1.50. The summed E-state index contributed by atoms with van der Waals surface area (Å²) in [5, 5.41) is 10.9. The highest BCUT2D eigenvalue weighted by atomic mass is 16.5. The molecule has 0 aliphatic rings. The number of nitrogens with one attached hydrogen (secondary N) is 1. The van der Waals surface area contributed by atoms with Crippen molar-refractivity contribution in [2.24, 2.45) is 0 Å². The number of Topliss-reactive ketones (excluding diaryl/α,β-unsaturated/α-hetero) is 1. The number of rotatable bonds is 6. The van der Waals surface area contributed by atoms with E-state index in [4.69, 9.17) is 4.74 Å². The maximum Gasteiger partial charge on any atom is 0.336 e. The van der Waals surface area contributed by atoms with Crippen LogP contribution in [-0.4, -0.2) is 29.0 Å². The van der Waals surface area contributed by atoms with Crippen LogP contribution in [0.4, 0.5) is 0 Å². The molecule has 0 aliphatic carbocycles. The Hall–Kier alpha value is -5.08. The van der Waals surface area contributed by atoms with Crippen LogP contribution in [0.25, 0.3) is 22.0 Å². The second-order valence-corrected chi connectivity index (χ2v) is 9.00. The number of aromatic nitrogens is 1. The van der Waals surface area contributed by atoms with E-state index in [1.165, 1.54) is 0 Å². The van der Waals surface area contributed by atoms with Crippen molar-refractivity contribution in [2.45, 2.75) is 13.3 Å². The highest BCUT2D eigenvalue weighted by Gasteiger charge is 2.16. The number of ketones is 1. The van der Waals surface area contributed by atoms with Gasteiger partial charge < -0.3 is 14.8 Å². The Kier molecular flexibility index (Phi) is 6.80. The molecule has 0 radical (unpaired) electrons. The number of carbonyl (C=O) groups is 2. The van der Waals surface area contributed by atoms with Gasteiger partial charge in [0.1, 0.15) is 5.75 Å². The summed E-state index contributed by atoms with van der Waals surface area (Å²) in [6, 6.07) is 25.8. The number of aromatic amines is 1. The van der Waals surface area contributed by atoms with Gasteiger partial charge in [-0.3, -0.25) is 4.79 Å². The number of ether oxygens (including phenoxy) is 1. The lowest BCUT2D eigenvalue weighted by Gasteiger charge is -2.11. The largest absolute Gasteiger partial charge is 0.496 e. The minimum absolute atomic E-state index is 0.0333. The van der Waals surface area contributed by atoms with Crippen molar-refractivity contribution >= 4 is 22.7 Å². The second-order valence-electron chi connectivity index (χ2n) is 9.00. The molecule has 1 aromatic heterocycles. The minimum Gasteiger partial charge on any atom is -0.496 e. The molecule has 0 unspecified atom stereocenters. The van der Waals surface area contributed by atoms with E-state index in [9.17, 15) is 14.7 Å². The van der Waals surface area contributed by atoms with E-state index < -0.39 is 5.97 Å². The van der Waals surface area contributed by atoms with E-state index >= 15 is 0 Å². The van der Waals surface area contributed by atoms with Gasteiger partial charge >= 0.3 is 5.97 Å². The van der Waals surface area contributed by atoms with Crippen molar-refractivity contribution in [3.05, 3.63) is 125 Å². The van der Waals surface area contributed by atoms with Gasteiger partial charge in [0.2, 0.25) is 0 Å². The Labute approximate surface area is 220 Å². The molecule has 0 fully saturated rings. The molecule has 4 aromatic carbocycles. The predicted octanol–water partition coefficient (Wildman–Crippen LogP) is 6.68.